The monoisotopic (exact) mass is 614 g/mol. The van der Waals surface area contributed by atoms with E-state index in [4.69, 9.17) is 5.48 Å². The third-order valence-corrected chi connectivity index (χ3v) is 9.65. The largest absolute Gasteiger partial charge is 0.0629 e. The van der Waals surface area contributed by atoms with Gasteiger partial charge in [0, 0.05) is 0 Å². The fourth-order valence-corrected chi connectivity index (χ4v) is 7.48. The fourth-order valence-electron chi connectivity index (χ4n) is 7.48. The van der Waals surface area contributed by atoms with Crippen molar-refractivity contribution in [3.8, 4) is 33.4 Å². The number of hydrogen-bond acceptors (Lipinski definition) is 0. The lowest BCUT2D eigenvalue weighted by Crippen LogP contribution is -1.91. The lowest BCUT2D eigenvalue weighted by molar-refractivity contribution is 1.65. The van der Waals surface area contributed by atoms with Gasteiger partial charge in [-0.25, -0.2) is 0 Å². The molecule has 0 radical (unpaired) electrons. The van der Waals surface area contributed by atoms with Gasteiger partial charge < -0.3 is 0 Å². The van der Waals surface area contributed by atoms with Crippen molar-refractivity contribution in [2.75, 3.05) is 0 Å². The van der Waals surface area contributed by atoms with Crippen molar-refractivity contribution >= 4 is 64.6 Å². The highest BCUT2D eigenvalue weighted by Crippen LogP contribution is 2.45. The Kier molecular flexibility index (Phi) is 4.46. The van der Waals surface area contributed by atoms with Gasteiger partial charge in [-0.3, -0.25) is 0 Å². The van der Waals surface area contributed by atoms with Gasteiger partial charge in [-0.05, 0) is 110 Å². The summed E-state index contributed by atoms with van der Waals surface area (Å²) in [5.74, 6) is 0. The molecular weight excluding hydrogens is 577 g/mol. The smallest absolute Gasteiger partial charge is 0.0616 e. The van der Waals surface area contributed by atoms with Crippen LogP contribution in [0.4, 0.5) is 0 Å². The molecule has 0 amide bonds. The maximum Gasteiger partial charge on any atom is 0.0629 e. The molecule has 48 heavy (non-hydrogen) atoms. The highest BCUT2D eigenvalue weighted by atomic mass is 14.2. The minimum Gasteiger partial charge on any atom is -0.0616 e. The van der Waals surface area contributed by atoms with Crippen molar-refractivity contribution in [1.29, 1.82) is 0 Å². The molecule has 0 atom stereocenters. The van der Waals surface area contributed by atoms with Gasteiger partial charge in [-0.1, -0.05) is 170 Å². The first-order valence-electron chi connectivity index (χ1n) is 20.0. The summed E-state index contributed by atoms with van der Waals surface area (Å²) in [4.78, 5) is 0. The van der Waals surface area contributed by atoms with Gasteiger partial charge in [0.25, 0.3) is 0 Å². The van der Waals surface area contributed by atoms with E-state index in [0.717, 1.165) is 54.2 Å². The second-order valence-corrected chi connectivity index (χ2v) is 12.2. The average Bonchev–Trinajstić information content (AvgIpc) is 3.24. The van der Waals surface area contributed by atoms with Gasteiger partial charge in [-0.2, -0.15) is 0 Å². The fraction of sp³-hybridized carbons (Fsp3) is 0. The minimum absolute atomic E-state index is 0.200. The molecular formula is C48H30. The standard InChI is InChI=1S/C48H30/c1-2-13-35-29-37(26-21-31(35)11-1)48-42-19-9-7-17-40(42)47(41-18-8-10-20-43(41)48)34-24-22-33(23-25-34)46-39-16-6-4-14-36(39)30-45-38-15-5-3-12-32(38)27-28-44(45)46/h1-30H/i7D,8D,9D,10D,17D,18D,19D,20D. The summed E-state index contributed by atoms with van der Waals surface area (Å²) in [5, 5.41) is 9.38. The molecule has 222 valence electrons. The van der Waals surface area contributed by atoms with Gasteiger partial charge in [0.05, 0.1) is 11.0 Å². The maximum atomic E-state index is 9.34. The first kappa shape index (κ1) is 20.1. The molecule has 10 rings (SSSR count). The quantitative estimate of drug-likeness (QED) is 0.137. The molecule has 0 spiro atoms. The number of benzene rings is 10. The summed E-state index contributed by atoms with van der Waals surface area (Å²) >= 11 is 0. The third kappa shape index (κ3) is 4.10. The van der Waals surface area contributed by atoms with E-state index in [0.29, 0.717) is 22.3 Å². The van der Waals surface area contributed by atoms with Crippen LogP contribution in [0.3, 0.4) is 0 Å². The van der Waals surface area contributed by atoms with Gasteiger partial charge in [0.15, 0.2) is 0 Å². The highest BCUT2D eigenvalue weighted by Gasteiger charge is 2.18. The van der Waals surface area contributed by atoms with E-state index in [2.05, 4.69) is 48.5 Å². The molecule has 0 saturated heterocycles. The summed E-state index contributed by atoms with van der Waals surface area (Å²) in [6.07, 6.45) is 0. The van der Waals surface area contributed by atoms with Crippen molar-refractivity contribution in [3.05, 3.63) is 182 Å². The van der Waals surface area contributed by atoms with Crippen LogP contribution in [0.15, 0.2) is 182 Å². The van der Waals surface area contributed by atoms with Crippen LogP contribution in [0, 0.1) is 0 Å². The lowest BCUT2D eigenvalue weighted by atomic mass is 9.85. The van der Waals surface area contributed by atoms with E-state index in [1.807, 2.05) is 84.9 Å². The second kappa shape index (κ2) is 10.7. The van der Waals surface area contributed by atoms with Crippen molar-refractivity contribution in [1.82, 2.24) is 0 Å². The van der Waals surface area contributed by atoms with Crippen molar-refractivity contribution in [2.24, 2.45) is 0 Å². The molecule has 10 aromatic rings. The number of hydrogen-bond donors (Lipinski definition) is 0. The lowest BCUT2D eigenvalue weighted by Gasteiger charge is -2.18. The molecule has 0 heteroatoms. The summed E-state index contributed by atoms with van der Waals surface area (Å²) in [6.45, 7) is 0. The molecule has 0 aliphatic heterocycles. The number of fused-ring (bicyclic) bond motifs is 7. The summed E-state index contributed by atoms with van der Waals surface area (Å²) in [5.41, 5.74) is 3.83. The molecule has 0 aromatic heterocycles. The first-order chi connectivity index (χ1) is 27.1. The Morgan fingerprint density at radius 1 is 0.271 bits per heavy atom. The normalized spacial score (nSPS) is 14.1. The van der Waals surface area contributed by atoms with Crippen LogP contribution < -0.4 is 0 Å². The van der Waals surface area contributed by atoms with E-state index in [9.17, 15) is 5.48 Å². The van der Waals surface area contributed by atoms with Gasteiger partial charge in [-0.15, -0.1) is 0 Å². The van der Waals surface area contributed by atoms with Crippen molar-refractivity contribution in [2.45, 2.75) is 0 Å². The molecule has 0 aliphatic rings. The molecule has 0 nitrogen and oxygen atoms in total. The Morgan fingerprint density at radius 2 is 0.729 bits per heavy atom. The van der Waals surface area contributed by atoms with Gasteiger partial charge in [0.2, 0.25) is 0 Å². The Bertz CT molecular complexity index is 3250. The van der Waals surface area contributed by atoms with Crippen LogP contribution >= 0.6 is 0 Å². The average molecular weight is 615 g/mol. The van der Waals surface area contributed by atoms with Crippen LogP contribution in [-0.2, 0) is 0 Å². The zero-order valence-electron chi connectivity index (χ0n) is 33.7. The van der Waals surface area contributed by atoms with E-state index in [-0.39, 0.29) is 45.7 Å². The topological polar surface area (TPSA) is 0 Å². The van der Waals surface area contributed by atoms with E-state index in [1.165, 1.54) is 0 Å². The predicted molar refractivity (Wildman–Crippen MR) is 208 cm³/mol. The summed E-state index contributed by atoms with van der Waals surface area (Å²) in [6, 6.07) is 41.7. The molecule has 0 bridgehead atoms. The zero-order valence-corrected chi connectivity index (χ0v) is 25.7. The van der Waals surface area contributed by atoms with Crippen molar-refractivity contribution in [3.63, 3.8) is 0 Å². The second-order valence-electron chi connectivity index (χ2n) is 12.2. The highest BCUT2D eigenvalue weighted by molar-refractivity contribution is 6.23. The molecule has 0 saturated carbocycles. The van der Waals surface area contributed by atoms with Gasteiger partial charge >= 0.3 is 0 Å². The minimum atomic E-state index is -0.417. The van der Waals surface area contributed by atoms with Crippen LogP contribution in [0.1, 0.15) is 11.0 Å². The molecule has 0 unspecified atom stereocenters. The van der Waals surface area contributed by atoms with Crippen LogP contribution in [0.2, 0.25) is 0 Å². The maximum absolute atomic E-state index is 9.34. The molecule has 0 N–H and O–H groups in total. The Morgan fingerprint density at radius 3 is 1.38 bits per heavy atom. The Balaban J connectivity index is 1.32. The third-order valence-electron chi connectivity index (χ3n) is 9.65. The van der Waals surface area contributed by atoms with Crippen LogP contribution in [-0.4, -0.2) is 0 Å². The Labute approximate surface area is 290 Å². The summed E-state index contributed by atoms with van der Waals surface area (Å²) in [7, 11) is 0. The zero-order chi connectivity index (χ0) is 38.6. The number of rotatable bonds is 3. The molecule has 0 heterocycles. The molecule has 0 fully saturated rings. The SMILES string of the molecule is [2H]c1c([2H])c([2H])c2c(-c3ccc4ccccc4c3)c3c([2H])c([2H])c([2H])c([2H])c3c(-c3ccc(-c4c5ccccc5cc5c4ccc4ccccc45)cc3)c2c1[2H]. The predicted octanol–water partition coefficient (Wildman–Crippen LogP) is 13.6. The van der Waals surface area contributed by atoms with E-state index >= 15 is 0 Å². The first-order valence-corrected chi connectivity index (χ1v) is 16.0. The van der Waals surface area contributed by atoms with Crippen LogP contribution in [0.5, 0.6) is 0 Å². The van der Waals surface area contributed by atoms with Crippen molar-refractivity contribution < 1.29 is 11.0 Å². The van der Waals surface area contributed by atoms with Gasteiger partial charge in [0.1, 0.15) is 0 Å². The van der Waals surface area contributed by atoms with E-state index in [1.54, 1.807) is 0 Å². The van der Waals surface area contributed by atoms with E-state index < -0.39 is 24.2 Å². The molecule has 10 aromatic carbocycles. The van der Waals surface area contributed by atoms with Crippen LogP contribution in [0.25, 0.3) is 98.0 Å². The summed E-state index contributed by atoms with van der Waals surface area (Å²) < 4.78 is 72.4. The molecule has 0 aliphatic carbocycles. The Hall–Kier alpha value is -6.24.